The van der Waals surface area contributed by atoms with Crippen LogP contribution in [0, 0.1) is 11.3 Å². The fraction of sp³-hybridized carbons (Fsp3) is 0.727. The molecular formula is C11H20N2O4. The van der Waals surface area contributed by atoms with E-state index in [1.54, 1.807) is 13.8 Å². The highest BCUT2D eigenvalue weighted by Crippen LogP contribution is 2.20. The number of carbonyl (C=O) groups is 3. The summed E-state index contributed by atoms with van der Waals surface area (Å²) in [6, 6.07) is -0.771. The number of carboxylic acid groups (broad SMARTS) is 1. The van der Waals surface area contributed by atoms with Gasteiger partial charge in [0, 0.05) is 6.42 Å². The van der Waals surface area contributed by atoms with Crippen molar-refractivity contribution in [1.29, 1.82) is 0 Å². The Morgan fingerprint density at radius 3 is 2.06 bits per heavy atom. The molecule has 1 atom stereocenters. The van der Waals surface area contributed by atoms with Crippen LogP contribution in [-0.4, -0.2) is 28.9 Å². The SMILES string of the molecule is CC(C)C(NC(=O)CC(C)(C)C(=O)O)C(N)=O. The molecular weight excluding hydrogens is 224 g/mol. The average molecular weight is 244 g/mol. The molecule has 98 valence electrons. The van der Waals surface area contributed by atoms with Crippen molar-refractivity contribution < 1.29 is 19.5 Å². The zero-order chi connectivity index (χ0) is 13.8. The van der Waals surface area contributed by atoms with Crippen molar-refractivity contribution in [3.63, 3.8) is 0 Å². The van der Waals surface area contributed by atoms with Gasteiger partial charge in [0.1, 0.15) is 6.04 Å². The second kappa shape index (κ2) is 5.65. The Kier molecular flexibility index (Phi) is 5.12. The number of carbonyl (C=O) groups excluding carboxylic acids is 2. The number of amides is 2. The molecule has 0 aromatic rings. The van der Waals surface area contributed by atoms with E-state index >= 15 is 0 Å². The quantitative estimate of drug-likeness (QED) is 0.616. The van der Waals surface area contributed by atoms with Gasteiger partial charge in [-0.15, -0.1) is 0 Å². The Labute approximate surface area is 101 Å². The normalized spacial score (nSPS) is 13.2. The molecule has 0 bridgehead atoms. The first-order chi connectivity index (χ1) is 7.58. The van der Waals surface area contributed by atoms with Crippen molar-refractivity contribution in [2.24, 2.45) is 17.1 Å². The van der Waals surface area contributed by atoms with E-state index < -0.39 is 29.2 Å². The Balaban J connectivity index is 4.55. The lowest BCUT2D eigenvalue weighted by molar-refractivity contribution is -0.149. The fourth-order valence-electron chi connectivity index (χ4n) is 1.27. The van der Waals surface area contributed by atoms with Gasteiger partial charge in [0.05, 0.1) is 5.41 Å². The molecule has 0 aromatic heterocycles. The second-order valence-electron chi connectivity index (χ2n) is 5.06. The molecule has 0 rings (SSSR count). The van der Waals surface area contributed by atoms with E-state index in [-0.39, 0.29) is 12.3 Å². The molecule has 1 unspecified atom stereocenters. The molecule has 6 nitrogen and oxygen atoms in total. The fourth-order valence-corrected chi connectivity index (χ4v) is 1.27. The van der Waals surface area contributed by atoms with E-state index in [0.29, 0.717) is 0 Å². The molecule has 0 spiro atoms. The van der Waals surface area contributed by atoms with Crippen LogP contribution in [0.4, 0.5) is 0 Å². The Hall–Kier alpha value is -1.59. The third-order valence-corrected chi connectivity index (χ3v) is 2.47. The van der Waals surface area contributed by atoms with Crippen LogP contribution in [0.5, 0.6) is 0 Å². The summed E-state index contributed by atoms with van der Waals surface area (Å²) in [5, 5.41) is 11.3. The summed E-state index contributed by atoms with van der Waals surface area (Å²) in [6.45, 7) is 6.39. The van der Waals surface area contributed by atoms with Crippen molar-refractivity contribution in [1.82, 2.24) is 5.32 Å². The van der Waals surface area contributed by atoms with Crippen LogP contribution in [0.25, 0.3) is 0 Å². The molecule has 0 radical (unpaired) electrons. The second-order valence-corrected chi connectivity index (χ2v) is 5.06. The summed E-state index contributed by atoms with van der Waals surface area (Å²) in [5.41, 5.74) is 3.98. The van der Waals surface area contributed by atoms with Gasteiger partial charge >= 0.3 is 5.97 Å². The van der Waals surface area contributed by atoms with Crippen molar-refractivity contribution in [3.8, 4) is 0 Å². The van der Waals surface area contributed by atoms with Gasteiger partial charge in [-0.2, -0.15) is 0 Å². The van der Waals surface area contributed by atoms with Crippen molar-refractivity contribution in [3.05, 3.63) is 0 Å². The Morgan fingerprint density at radius 2 is 1.76 bits per heavy atom. The van der Waals surface area contributed by atoms with Gasteiger partial charge in [0.15, 0.2) is 0 Å². The predicted octanol–water partition coefficient (Wildman–Crippen LogP) is 0.113. The molecule has 17 heavy (non-hydrogen) atoms. The lowest BCUT2D eigenvalue weighted by Crippen LogP contribution is -2.48. The minimum Gasteiger partial charge on any atom is -0.481 e. The summed E-state index contributed by atoms with van der Waals surface area (Å²) in [7, 11) is 0. The Morgan fingerprint density at radius 1 is 1.29 bits per heavy atom. The molecule has 4 N–H and O–H groups in total. The third kappa shape index (κ3) is 4.84. The van der Waals surface area contributed by atoms with Gasteiger partial charge in [-0.3, -0.25) is 14.4 Å². The number of nitrogens with two attached hydrogens (primary N) is 1. The van der Waals surface area contributed by atoms with Gasteiger partial charge in [-0.25, -0.2) is 0 Å². The van der Waals surface area contributed by atoms with Gasteiger partial charge in [0.2, 0.25) is 11.8 Å². The van der Waals surface area contributed by atoms with Gasteiger partial charge in [-0.05, 0) is 19.8 Å². The maximum absolute atomic E-state index is 11.6. The molecule has 0 aliphatic rings. The molecule has 0 fully saturated rings. The molecule has 0 aromatic carbocycles. The first kappa shape index (κ1) is 15.4. The number of rotatable bonds is 6. The highest BCUT2D eigenvalue weighted by atomic mass is 16.4. The van der Waals surface area contributed by atoms with Crippen molar-refractivity contribution in [2.75, 3.05) is 0 Å². The number of primary amides is 1. The van der Waals surface area contributed by atoms with E-state index in [9.17, 15) is 14.4 Å². The van der Waals surface area contributed by atoms with E-state index in [2.05, 4.69) is 5.32 Å². The van der Waals surface area contributed by atoms with Gasteiger partial charge < -0.3 is 16.2 Å². The maximum Gasteiger partial charge on any atom is 0.309 e. The van der Waals surface area contributed by atoms with Crippen LogP contribution in [0.3, 0.4) is 0 Å². The molecule has 6 heteroatoms. The van der Waals surface area contributed by atoms with Crippen LogP contribution in [0.15, 0.2) is 0 Å². The minimum atomic E-state index is -1.16. The zero-order valence-corrected chi connectivity index (χ0v) is 10.6. The minimum absolute atomic E-state index is 0.135. The zero-order valence-electron chi connectivity index (χ0n) is 10.6. The molecule has 0 aliphatic carbocycles. The first-order valence-electron chi connectivity index (χ1n) is 5.40. The van der Waals surface area contributed by atoms with Crippen molar-refractivity contribution >= 4 is 17.8 Å². The molecule has 0 heterocycles. The number of aliphatic carboxylic acids is 1. The first-order valence-corrected chi connectivity index (χ1v) is 5.40. The van der Waals surface area contributed by atoms with Gasteiger partial charge in [-0.1, -0.05) is 13.8 Å². The number of hydrogen-bond donors (Lipinski definition) is 3. The molecule has 0 aliphatic heterocycles. The third-order valence-electron chi connectivity index (χ3n) is 2.47. The van der Waals surface area contributed by atoms with E-state index in [4.69, 9.17) is 10.8 Å². The van der Waals surface area contributed by atoms with Crippen molar-refractivity contribution in [2.45, 2.75) is 40.2 Å². The number of carboxylic acids is 1. The topological polar surface area (TPSA) is 109 Å². The lowest BCUT2D eigenvalue weighted by Gasteiger charge is -2.22. The molecule has 2 amide bonds. The van der Waals surface area contributed by atoms with E-state index in [1.165, 1.54) is 13.8 Å². The molecule has 0 saturated heterocycles. The van der Waals surface area contributed by atoms with Crippen LogP contribution in [0.1, 0.15) is 34.1 Å². The summed E-state index contributed by atoms with van der Waals surface area (Å²) in [5.74, 6) is -2.31. The smallest absolute Gasteiger partial charge is 0.309 e. The van der Waals surface area contributed by atoms with Crippen LogP contribution >= 0.6 is 0 Å². The monoisotopic (exact) mass is 244 g/mol. The predicted molar refractivity (Wildman–Crippen MR) is 62.0 cm³/mol. The van der Waals surface area contributed by atoms with E-state index in [0.717, 1.165) is 0 Å². The average Bonchev–Trinajstić information content (AvgIpc) is 2.12. The lowest BCUT2D eigenvalue weighted by atomic mass is 9.89. The van der Waals surface area contributed by atoms with Gasteiger partial charge in [0.25, 0.3) is 0 Å². The van der Waals surface area contributed by atoms with Crippen LogP contribution in [0.2, 0.25) is 0 Å². The van der Waals surface area contributed by atoms with Crippen LogP contribution < -0.4 is 11.1 Å². The Bertz CT molecular complexity index is 323. The highest BCUT2D eigenvalue weighted by Gasteiger charge is 2.32. The summed E-state index contributed by atoms with van der Waals surface area (Å²) in [4.78, 5) is 33.5. The molecule has 0 saturated carbocycles. The highest BCUT2D eigenvalue weighted by molar-refractivity contribution is 5.89. The summed E-state index contributed by atoms with van der Waals surface area (Å²) in [6.07, 6.45) is -0.196. The number of hydrogen-bond acceptors (Lipinski definition) is 3. The van der Waals surface area contributed by atoms with E-state index in [1.807, 2.05) is 0 Å². The summed E-state index contributed by atoms with van der Waals surface area (Å²) < 4.78 is 0. The number of nitrogens with one attached hydrogen (secondary N) is 1. The standard InChI is InChI=1S/C11H20N2O4/c1-6(2)8(9(12)15)13-7(14)5-11(3,4)10(16)17/h6,8H,5H2,1-4H3,(H2,12,15)(H,13,14)(H,16,17). The maximum atomic E-state index is 11.6. The van der Waals surface area contributed by atoms with Crippen LogP contribution in [-0.2, 0) is 14.4 Å². The summed E-state index contributed by atoms with van der Waals surface area (Å²) >= 11 is 0. The largest absolute Gasteiger partial charge is 0.481 e.